The number of hydrogen-bond acceptors (Lipinski definition) is 7. The minimum absolute atomic E-state index is 0.00509. The lowest BCUT2D eigenvalue weighted by Gasteiger charge is -2.27. The Morgan fingerprint density at radius 3 is 2.47 bits per heavy atom. The molecule has 0 aliphatic heterocycles. The number of hydrogen-bond donors (Lipinski definition) is 1. The monoisotopic (exact) mass is 308 g/mol. The fraction of sp³-hybridized carbons (Fsp3) is 0.909. The topological polar surface area (TPSA) is 96.2 Å². The summed E-state index contributed by atoms with van der Waals surface area (Å²) in [6.45, 7) is 3.91. The molecule has 0 bridgehead atoms. The highest BCUT2D eigenvalue weighted by atomic mass is 32.2. The number of nitrogens with zero attached hydrogens (tertiary/aromatic N) is 2. The first kappa shape index (κ1) is 18.4. The van der Waals surface area contributed by atoms with Gasteiger partial charge in [-0.15, -0.1) is 9.81 Å². The van der Waals surface area contributed by atoms with Crippen molar-refractivity contribution in [3.05, 3.63) is 9.81 Å². The summed E-state index contributed by atoms with van der Waals surface area (Å²) < 4.78 is 5.45. The summed E-state index contributed by atoms with van der Waals surface area (Å²) in [7, 11) is 0. The number of carboxylic acid groups (broad SMARTS) is 1. The molecule has 0 heterocycles. The zero-order valence-electron chi connectivity index (χ0n) is 11.2. The first-order valence-corrected chi connectivity index (χ1v) is 7.79. The second-order valence-corrected chi connectivity index (χ2v) is 6.96. The molecule has 0 fully saturated rings. The Balaban J connectivity index is 4.26. The molecular weight excluding hydrogens is 288 g/mol. The van der Waals surface area contributed by atoms with Crippen LogP contribution in [0.2, 0.25) is 0 Å². The predicted molar refractivity (Wildman–Crippen MR) is 80.0 cm³/mol. The van der Waals surface area contributed by atoms with Crippen LogP contribution in [-0.4, -0.2) is 21.1 Å². The summed E-state index contributed by atoms with van der Waals surface area (Å²) in [5.41, 5.74) is 0. The second-order valence-electron chi connectivity index (χ2n) is 4.61. The van der Waals surface area contributed by atoms with Gasteiger partial charge in [0.15, 0.2) is 0 Å². The molecule has 0 aliphatic rings. The molecule has 0 aliphatic carbocycles. The highest BCUT2D eigenvalue weighted by molar-refractivity contribution is 7.99. The molecule has 0 amide bonds. The lowest BCUT2D eigenvalue weighted by atomic mass is 9.98. The van der Waals surface area contributed by atoms with Crippen LogP contribution in [0.15, 0.2) is 9.16 Å². The zero-order chi connectivity index (χ0) is 14.7. The molecule has 110 valence electrons. The van der Waals surface area contributed by atoms with Crippen molar-refractivity contribution in [1.82, 2.24) is 0 Å². The van der Waals surface area contributed by atoms with E-state index in [4.69, 9.17) is 5.11 Å². The van der Waals surface area contributed by atoms with Crippen LogP contribution in [0.25, 0.3) is 0 Å². The summed E-state index contributed by atoms with van der Waals surface area (Å²) in [6, 6.07) is 0. The van der Waals surface area contributed by atoms with Crippen molar-refractivity contribution in [1.29, 1.82) is 0 Å². The van der Waals surface area contributed by atoms with Gasteiger partial charge in [-0.1, -0.05) is 13.3 Å². The summed E-state index contributed by atoms with van der Waals surface area (Å²) in [5.74, 6) is -0.808. The Labute approximate surface area is 121 Å². The molecule has 6 nitrogen and oxygen atoms in total. The van der Waals surface area contributed by atoms with Crippen molar-refractivity contribution in [2.24, 2.45) is 9.16 Å². The minimum Gasteiger partial charge on any atom is -0.481 e. The first-order valence-electron chi connectivity index (χ1n) is 6.18. The van der Waals surface area contributed by atoms with E-state index < -0.39 is 5.97 Å². The molecule has 8 heteroatoms. The van der Waals surface area contributed by atoms with E-state index in [0.29, 0.717) is 12.8 Å². The van der Waals surface area contributed by atoms with Crippen LogP contribution in [0.3, 0.4) is 0 Å². The molecule has 0 aromatic carbocycles. The normalized spacial score (nSPS) is 15.5. The van der Waals surface area contributed by atoms with Gasteiger partial charge in [0.2, 0.25) is 0 Å². The summed E-state index contributed by atoms with van der Waals surface area (Å²) in [6.07, 6.45) is 3.61. The number of rotatable bonds is 12. The van der Waals surface area contributed by atoms with Gasteiger partial charge < -0.3 is 5.11 Å². The van der Waals surface area contributed by atoms with Crippen LogP contribution < -0.4 is 0 Å². The Morgan fingerprint density at radius 1 is 1.32 bits per heavy atom. The van der Waals surface area contributed by atoms with Crippen molar-refractivity contribution < 1.29 is 9.90 Å². The van der Waals surface area contributed by atoms with Crippen LogP contribution in [0.4, 0.5) is 0 Å². The standard InChI is InChI=1S/C11H20N2O4S2/c1-3-11(2,19-13-17)8-9(18-12-16)6-4-5-7-10(14)15/h9H,3-8H2,1-2H3,(H,14,15). The highest BCUT2D eigenvalue weighted by Crippen LogP contribution is 2.38. The van der Waals surface area contributed by atoms with E-state index in [1.165, 1.54) is 0 Å². The van der Waals surface area contributed by atoms with Crippen molar-refractivity contribution in [3.8, 4) is 0 Å². The van der Waals surface area contributed by atoms with Crippen molar-refractivity contribution >= 4 is 29.9 Å². The highest BCUT2D eigenvalue weighted by Gasteiger charge is 2.29. The van der Waals surface area contributed by atoms with E-state index in [2.05, 4.69) is 9.16 Å². The first-order chi connectivity index (χ1) is 8.97. The van der Waals surface area contributed by atoms with Crippen LogP contribution in [0, 0.1) is 9.81 Å². The summed E-state index contributed by atoms with van der Waals surface area (Å²) in [4.78, 5) is 31.2. The lowest BCUT2D eigenvalue weighted by Crippen LogP contribution is -2.24. The number of aliphatic carboxylic acids is 1. The molecule has 0 rings (SSSR count). The van der Waals surface area contributed by atoms with Crippen molar-refractivity contribution in [2.75, 3.05) is 0 Å². The Morgan fingerprint density at radius 2 is 2.00 bits per heavy atom. The van der Waals surface area contributed by atoms with Crippen LogP contribution in [-0.2, 0) is 4.79 Å². The Bertz CT molecular complexity index is 304. The van der Waals surface area contributed by atoms with Gasteiger partial charge in [0.05, 0.1) is 0 Å². The van der Waals surface area contributed by atoms with Gasteiger partial charge in [-0.05, 0) is 32.6 Å². The van der Waals surface area contributed by atoms with Crippen molar-refractivity contribution in [3.63, 3.8) is 0 Å². The zero-order valence-corrected chi connectivity index (χ0v) is 12.8. The smallest absolute Gasteiger partial charge is 0.303 e. The van der Waals surface area contributed by atoms with Crippen LogP contribution in [0.5, 0.6) is 0 Å². The molecule has 19 heavy (non-hydrogen) atoms. The average Bonchev–Trinajstić information content (AvgIpc) is 2.35. The molecule has 0 saturated carbocycles. The molecule has 0 aromatic rings. The van der Waals surface area contributed by atoms with Gasteiger partial charge in [0.1, 0.15) is 0 Å². The maximum absolute atomic E-state index is 10.4. The molecule has 2 unspecified atom stereocenters. The third-order valence-electron chi connectivity index (χ3n) is 3.02. The Kier molecular flexibility index (Phi) is 9.85. The third kappa shape index (κ3) is 8.99. The average molecular weight is 308 g/mol. The second kappa shape index (κ2) is 10.2. The van der Waals surface area contributed by atoms with Gasteiger partial charge >= 0.3 is 5.97 Å². The van der Waals surface area contributed by atoms with E-state index in [-0.39, 0.29) is 16.4 Å². The summed E-state index contributed by atoms with van der Waals surface area (Å²) >= 11 is 1.96. The van der Waals surface area contributed by atoms with Crippen molar-refractivity contribution in [2.45, 2.75) is 62.4 Å². The number of unbranched alkanes of at least 4 members (excludes halogenated alkanes) is 1. The summed E-state index contributed by atoms with van der Waals surface area (Å²) in [5, 5.41) is 8.56. The Hall–Kier alpha value is -0.630. The maximum atomic E-state index is 10.4. The van der Waals surface area contributed by atoms with Gasteiger partial charge in [0, 0.05) is 49.5 Å². The fourth-order valence-corrected chi connectivity index (χ4v) is 3.25. The SMILES string of the molecule is CCC(C)(CC(CCCCC(=O)O)SN=O)SN=O. The molecular formula is C11H20N2O4S2. The predicted octanol–water partition coefficient (Wildman–Crippen LogP) is 4.39. The molecule has 0 saturated heterocycles. The van der Waals surface area contributed by atoms with E-state index in [0.717, 1.165) is 43.2 Å². The number of carbonyl (C=O) groups is 1. The molecule has 0 radical (unpaired) electrons. The third-order valence-corrected chi connectivity index (χ3v) is 4.78. The molecule has 1 N–H and O–H groups in total. The maximum Gasteiger partial charge on any atom is 0.303 e. The van der Waals surface area contributed by atoms with E-state index in [9.17, 15) is 14.6 Å². The number of nitroso groups, excluding NO2 is 2. The molecule has 0 spiro atoms. The minimum atomic E-state index is -0.808. The van der Waals surface area contributed by atoms with E-state index in [1.54, 1.807) is 0 Å². The van der Waals surface area contributed by atoms with Gasteiger partial charge in [-0.2, -0.15) is 0 Å². The van der Waals surface area contributed by atoms with Gasteiger partial charge in [-0.3, -0.25) is 4.79 Å². The lowest BCUT2D eigenvalue weighted by molar-refractivity contribution is -0.137. The molecule has 2 atom stereocenters. The van der Waals surface area contributed by atoms with E-state index in [1.807, 2.05) is 13.8 Å². The molecule has 0 aromatic heterocycles. The van der Waals surface area contributed by atoms with E-state index >= 15 is 0 Å². The van der Waals surface area contributed by atoms with Gasteiger partial charge in [-0.25, -0.2) is 0 Å². The van der Waals surface area contributed by atoms with Gasteiger partial charge in [0.25, 0.3) is 0 Å². The van der Waals surface area contributed by atoms with Crippen LogP contribution in [0.1, 0.15) is 52.4 Å². The fourth-order valence-electron chi connectivity index (χ4n) is 1.72. The quantitative estimate of drug-likeness (QED) is 0.326. The van der Waals surface area contributed by atoms with Crippen LogP contribution >= 0.6 is 23.9 Å². The number of carboxylic acids is 1. The largest absolute Gasteiger partial charge is 0.481 e.